The molecule has 0 aromatic carbocycles. The molecule has 0 aliphatic heterocycles. The predicted octanol–water partition coefficient (Wildman–Crippen LogP) is 3.75. The smallest absolute Gasteiger partial charge is 0.0572 e. The summed E-state index contributed by atoms with van der Waals surface area (Å²) in [7, 11) is 1.86. The van der Waals surface area contributed by atoms with E-state index in [-0.39, 0.29) is 0 Å². The van der Waals surface area contributed by atoms with Crippen LogP contribution >= 0.6 is 0 Å². The van der Waals surface area contributed by atoms with Gasteiger partial charge in [-0.15, -0.1) is 0 Å². The summed E-state index contributed by atoms with van der Waals surface area (Å²) in [5.41, 5.74) is 0. The van der Waals surface area contributed by atoms with Crippen LogP contribution in [0.1, 0.15) is 65.2 Å². The molecule has 0 aromatic heterocycles. The van der Waals surface area contributed by atoms with Crippen molar-refractivity contribution in [3.63, 3.8) is 0 Å². The van der Waals surface area contributed by atoms with E-state index in [1.807, 2.05) is 7.11 Å². The zero-order valence-corrected chi connectivity index (χ0v) is 12.5. The van der Waals surface area contributed by atoms with E-state index in [1.165, 1.54) is 51.4 Å². The molecule has 2 aliphatic rings. The molecule has 106 valence electrons. The highest BCUT2D eigenvalue weighted by atomic mass is 16.5. The molecule has 2 unspecified atom stereocenters. The van der Waals surface area contributed by atoms with Crippen LogP contribution in [0.4, 0.5) is 0 Å². The summed E-state index contributed by atoms with van der Waals surface area (Å²) in [6.07, 6.45) is 11.3. The van der Waals surface area contributed by atoms with Gasteiger partial charge in [-0.1, -0.05) is 26.7 Å². The van der Waals surface area contributed by atoms with Crippen LogP contribution in [0.3, 0.4) is 0 Å². The second kappa shape index (κ2) is 6.91. The lowest BCUT2D eigenvalue weighted by atomic mass is 9.77. The van der Waals surface area contributed by atoms with Crippen molar-refractivity contribution in [1.82, 2.24) is 5.32 Å². The average molecular weight is 253 g/mol. The lowest BCUT2D eigenvalue weighted by Gasteiger charge is -2.39. The maximum atomic E-state index is 5.46. The number of hydrogen-bond donors (Lipinski definition) is 1. The van der Waals surface area contributed by atoms with Gasteiger partial charge >= 0.3 is 0 Å². The van der Waals surface area contributed by atoms with Crippen molar-refractivity contribution in [2.75, 3.05) is 7.11 Å². The van der Waals surface area contributed by atoms with Gasteiger partial charge < -0.3 is 10.1 Å². The number of methoxy groups -OCH3 is 1. The van der Waals surface area contributed by atoms with E-state index >= 15 is 0 Å². The minimum Gasteiger partial charge on any atom is -0.381 e. The van der Waals surface area contributed by atoms with E-state index in [2.05, 4.69) is 19.2 Å². The second-order valence-electron chi connectivity index (χ2n) is 6.67. The first-order valence-corrected chi connectivity index (χ1v) is 7.99. The zero-order valence-electron chi connectivity index (χ0n) is 12.5. The van der Waals surface area contributed by atoms with Crippen LogP contribution in [0, 0.1) is 11.8 Å². The third kappa shape index (κ3) is 3.71. The van der Waals surface area contributed by atoms with Gasteiger partial charge in [0, 0.05) is 19.2 Å². The van der Waals surface area contributed by atoms with Gasteiger partial charge in [0.15, 0.2) is 0 Å². The fraction of sp³-hybridized carbons (Fsp3) is 1.00. The molecule has 2 rings (SSSR count). The Morgan fingerprint density at radius 2 is 1.61 bits per heavy atom. The van der Waals surface area contributed by atoms with Crippen molar-refractivity contribution in [2.45, 2.75) is 83.4 Å². The monoisotopic (exact) mass is 253 g/mol. The number of rotatable bonds is 4. The first-order chi connectivity index (χ1) is 8.70. The third-order valence-corrected chi connectivity index (χ3v) is 5.13. The van der Waals surface area contributed by atoms with Gasteiger partial charge in [-0.2, -0.15) is 0 Å². The summed E-state index contributed by atoms with van der Waals surface area (Å²) in [5, 5.41) is 3.98. The topological polar surface area (TPSA) is 21.3 Å². The largest absolute Gasteiger partial charge is 0.381 e. The Morgan fingerprint density at radius 1 is 0.944 bits per heavy atom. The van der Waals surface area contributed by atoms with E-state index in [0.717, 1.165) is 23.9 Å². The highest BCUT2D eigenvalue weighted by Gasteiger charge is 2.30. The minimum atomic E-state index is 0.523. The molecule has 0 amide bonds. The van der Waals surface area contributed by atoms with Crippen LogP contribution in [0.15, 0.2) is 0 Å². The first-order valence-electron chi connectivity index (χ1n) is 7.99. The Balaban J connectivity index is 1.80. The van der Waals surface area contributed by atoms with Crippen LogP contribution in [0.25, 0.3) is 0 Å². The van der Waals surface area contributed by atoms with Crippen molar-refractivity contribution in [3.8, 4) is 0 Å². The van der Waals surface area contributed by atoms with Crippen molar-refractivity contribution in [2.24, 2.45) is 11.8 Å². The molecule has 2 fully saturated rings. The Morgan fingerprint density at radius 3 is 2.22 bits per heavy atom. The standard InChI is InChI=1S/C16H31NO/c1-12(2)15-6-4-5-7-16(15)17-13-8-10-14(18-3)11-9-13/h12-17H,4-11H2,1-3H3. The zero-order chi connectivity index (χ0) is 13.0. The van der Waals surface area contributed by atoms with Crippen molar-refractivity contribution in [1.29, 1.82) is 0 Å². The fourth-order valence-electron chi connectivity index (χ4n) is 3.93. The van der Waals surface area contributed by atoms with E-state index in [1.54, 1.807) is 0 Å². The molecule has 18 heavy (non-hydrogen) atoms. The van der Waals surface area contributed by atoms with Crippen molar-refractivity contribution < 1.29 is 4.74 Å². The molecule has 0 aromatic rings. The first kappa shape index (κ1) is 14.3. The molecule has 0 radical (unpaired) electrons. The molecule has 2 saturated carbocycles. The Hall–Kier alpha value is -0.0800. The molecule has 2 heteroatoms. The Bertz CT molecular complexity index is 233. The highest BCUT2D eigenvalue weighted by Crippen LogP contribution is 2.31. The number of ether oxygens (including phenoxy) is 1. The molecule has 2 nitrogen and oxygen atoms in total. The van der Waals surface area contributed by atoms with E-state index in [9.17, 15) is 0 Å². The van der Waals surface area contributed by atoms with Crippen LogP contribution in [-0.4, -0.2) is 25.3 Å². The maximum absolute atomic E-state index is 5.46. The summed E-state index contributed by atoms with van der Waals surface area (Å²) in [5.74, 6) is 1.73. The van der Waals surface area contributed by atoms with E-state index in [0.29, 0.717) is 6.10 Å². The predicted molar refractivity (Wildman–Crippen MR) is 76.8 cm³/mol. The van der Waals surface area contributed by atoms with Crippen molar-refractivity contribution >= 4 is 0 Å². The molecule has 1 N–H and O–H groups in total. The van der Waals surface area contributed by atoms with Gasteiger partial charge in [-0.05, 0) is 50.4 Å². The van der Waals surface area contributed by atoms with Crippen LogP contribution in [0.2, 0.25) is 0 Å². The summed E-state index contributed by atoms with van der Waals surface area (Å²) < 4.78 is 5.46. The van der Waals surface area contributed by atoms with Crippen molar-refractivity contribution in [3.05, 3.63) is 0 Å². The van der Waals surface area contributed by atoms with E-state index in [4.69, 9.17) is 4.74 Å². The van der Waals surface area contributed by atoms with Crippen LogP contribution in [0.5, 0.6) is 0 Å². The highest BCUT2D eigenvalue weighted by molar-refractivity contribution is 4.87. The minimum absolute atomic E-state index is 0.523. The summed E-state index contributed by atoms with van der Waals surface area (Å²) in [6, 6.07) is 1.53. The molecule has 2 aliphatic carbocycles. The van der Waals surface area contributed by atoms with Gasteiger partial charge in [0.25, 0.3) is 0 Å². The quantitative estimate of drug-likeness (QED) is 0.824. The molecular formula is C16H31NO. The van der Waals surface area contributed by atoms with Gasteiger partial charge in [0.1, 0.15) is 0 Å². The molecule has 0 spiro atoms. The van der Waals surface area contributed by atoms with Gasteiger partial charge in [0.2, 0.25) is 0 Å². The SMILES string of the molecule is COC1CCC(NC2CCCCC2C(C)C)CC1. The van der Waals surface area contributed by atoms with Crippen LogP contribution < -0.4 is 5.32 Å². The second-order valence-corrected chi connectivity index (χ2v) is 6.67. The molecule has 0 heterocycles. The lowest BCUT2D eigenvalue weighted by Crippen LogP contribution is -2.47. The lowest BCUT2D eigenvalue weighted by molar-refractivity contribution is 0.0574. The third-order valence-electron chi connectivity index (χ3n) is 5.13. The molecule has 2 atom stereocenters. The maximum Gasteiger partial charge on any atom is 0.0572 e. The Labute approximate surface area is 113 Å². The molecule has 0 bridgehead atoms. The summed E-state index contributed by atoms with van der Waals surface area (Å²) in [6.45, 7) is 4.79. The Kier molecular flexibility index (Phi) is 5.50. The normalized spacial score (nSPS) is 38.0. The number of nitrogens with one attached hydrogen (secondary N) is 1. The van der Waals surface area contributed by atoms with Crippen LogP contribution in [-0.2, 0) is 4.74 Å². The van der Waals surface area contributed by atoms with Gasteiger partial charge in [-0.25, -0.2) is 0 Å². The fourth-order valence-corrected chi connectivity index (χ4v) is 3.93. The molecular weight excluding hydrogens is 222 g/mol. The number of hydrogen-bond acceptors (Lipinski definition) is 2. The average Bonchev–Trinajstić information content (AvgIpc) is 2.40. The van der Waals surface area contributed by atoms with E-state index < -0.39 is 0 Å². The molecule has 0 saturated heterocycles. The summed E-state index contributed by atoms with van der Waals surface area (Å²) in [4.78, 5) is 0. The van der Waals surface area contributed by atoms with Gasteiger partial charge in [-0.3, -0.25) is 0 Å². The summed E-state index contributed by atoms with van der Waals surface area (Å²) >= 11 is 0. The van der Waals surface area contributed by atoms with Gasteiger partial charge in [0.05, 0.1) is 6.10 Å².